The second-order valence-electron chi connectivity index (χ2n) is 7.40. The maximum absolute atomic E-state index is 13.8. The number of pyridine rings is 1. The van der Waals surface area contributed by atoms with Crippen LogP contribution in [0, 0.1) is 5.82 Å². The highest BCUT2D eigenvalue weighted by Gasteiger charge is 2.14. The van der Waals surface area contributed by atoms with Gasteiger partial charge in [-0.25, -0.2) is 9.37 Å². The average molecular weight is 433 g/mol. The number of amides is 1. The molecule has 0 saturated heterocycles. The van der Waals surface area contributed by atoms with Gasteiger partial charge in [-0.2, -0.15) is 0 Å². The molecule has 0 bridgehead atoms. The van der Waals surface area contributed by atoms with Crippen molar-refractivity contribution >= 4 is 22.6 Å². The Morgan fingerprint density at radius 1 is 1.16 bits per heavy atom. The van der Waals surface area contributed by atoms with E-state index >= 15 is 0 Å². The van der Waals surface area contributed by atoms with Crippen LogP contribution in [0.3, 0.4) is 0 Å². The van der Waals surface area contributed by atoms with Crippen LogP contribution in [0.5, 0.6) is 11.5 Å². The third-order valence-electron chi connectivity index (χ3n) is 4.91. The van der Waals surface area contributed by atoms with Gasteiger partial charge in [0.25, 0.3) is 5.91 Å². The first-order valence-corrected chi connectivity index (χ1v) is 10.4. The highest BCUT2D eigenvalue weighted by molar-refractivity contribution is 5.92. The minimum atomic E-state index is -0.310. The molecule has 2 aromatic carbocycles. The smallest absolute Gasteiger partial charge is 0.272 e. The lowest BCUT2D eigenvalue weighted by molar-refractivity contribution is 0.0789. The number of H-pyrrole nitrogens is 1. The number of fused-ring (bicyclic) bond motifs is 1. The van der Waals surface area contributed by atoms with Gasteiger partial charge in [0.2, 0.25) is 0 Å². The lowest BCUT2D eigenvalue weighted by Gasteiger charge is -2.15. The van der Waals surface area contributed by atoms with Crippen molar-refractivity contribution < 1.29 is 13.9 Å². The Bertz CT molecular complexity index is 1240. The zero-order valence-electron chi connectivity index (χ0n) is 17.9. The number of nitrogens with one attached hydrogen (secondary N) is 2. The van der Waals surface area contributed by atoms with Crippen LogP contribution >= 0.6 is 0 Å². The van der Waals surface area contributed by atoms with Gasteiger partial charge >= 0.3 is 0 Å². The number of imidazole rings is 1. The van der Waals surface area contributed by atoms with E-state index in [0.717, 1.165) is 17.5 Å². The van der Waals surface area contributed by atoms with Crippen LogP contribution in [-0.2, 0) is 6.54 Å². The minimum absolute atomic E-state index is 0.145. The molecule has 2 heterocycles. The van der Waals surface area contributed by atoms with Gasteiger partial charge in [-0.15, -0.1) is 0 Å². The molecule has 7 nitrogen and oxygen atoms in total. The zero-order chi connectivity index (χ0) is 22.5. The topological polar surface area (TPSA) is 83.1 Å². The first kappa shape index (κ1) is 21.3. The molecule has 4 aromatic rings. The molecule has 4 rings (SSSR count). The van der Waals surface area contributed by atoms with Crippen molar-refractivity contribution in [3.8, 4) is 11.5 Å². The molecule has 32 heavy (non-hydrogen) atoms. The van der Waals surface area contributed by atoms with Crippen molar-refractivity contribution in [2.45, 2.75) is 19.9 Å². The molecule has 2 N–H and O–H groups in total. The number of halogens is 1. The van der Waals surface area contributed by atoms with Gasteiger partial charge in [0.05, 0.1) is 23.3 Å². The molecule has 1 amide bonds. The van der Waals surface area contributed by atoms with Crippen LogP contribution in [0.1, 0.15) is 29.7 Å². The molecule has 0 atom stereocenters. The molecule has 0 fully saturated rings. The molecule has 164 valence electrons. The Morgan fingerprint density at radius 2 is 1.97 bits per heavy atom. The quantitative estimate of drug-likeness (QED) is 0.409. The van der Waals surface area contributed by atoms with E-state index in [1.807, 2.05) is 25.1 Å². The molecule has 0 unspecified atom stereocenters. The molecule has 0 aliphatic rings. The summed E-state index contributed by atoms with van der Waals surface area (Å²) < 4.78 is 19.7. The highest BCUT2D eigenvalue weighted by atomic mass is 19.1. The molecule has 8 heteroatoms. The van der Waals surface area contributed by atoms with E-state index in [-0.39, 0.29) is 11.7 Å². The van der Waals surface area contributed by atoms with Crippen molar-refractivity contribution in [2.75, 3.05) is 18.9 Å². The summed E-state index contributed by atoms with van der Waals surface area (Å²) in [6.45, 7) is 3.03. The first-order chi connectivity index (χ1) is 15.5. The Morgan fingerprint density at radius 3 is 2.78 bits per heavy atom. The van der Waals surface area contributed by atoms with E-state index in [1.165, 1.54) is 6.07 Å². The van der Waals surface area contributed by atoms with Gasteiger partial charge in [0, 0.05) is 31.9 Å². The van der Waals surface area contributed by atoms with Crippen LogP contribution in [0.15, 0.2) is 60.8 Å². The fraction of sp³-hybridized carbons (Fsp3) is 0.208. The minimum Gasteiger partial charge on any atom is -0.457 e. The fourth-order valence-corrected chi connectivity index (χ4v) is 3.33. The van der Waals surface area contributed by atoms with E-state index < -0.39 is 0 Å². The number of carbonyl (C=O) groups is 1. The first-order valence-electron chi connectivity index (χ1n) is 10.4. The Balaban J connectivity index is 1.47. The number of hydrogen-bond acceptors (Lipinski definition) is 5. The molecule has 0 aliphatic carbocycles. The SMILES string of the molecule is CCCN(C)C(=O)c1cc(Oc2ccc3nc(CNc4ccccc4F)[nH]c3c2)ccn1. The molecular formula is C24H24FN5O2. The summed E-state index contributed by atoms with van der Waals surface area (Å²) in [7, 11) is 1.76. The fourth-order valence-electron chi connectivity index (χ4n) is 3.33. The number of ether oxygens (including phenoxy) is 1. The Kier molecular flexibility index (Phi) is 6.30. The number of para-hydroxylation sites is 1. The predicted molar refractivity (Wildman–Crippen MR) is 121 cm³/mol. The van der Waals surface area contributed by atoms with Gasteiger partial charge in [-0.3, -0.25) is 9.78 Å². The number of aromatic amines is 1. The molecule has 0 spiro atoms. The lowest BCUT2D eigenvalue weighted by atomic mass is 10.3. The molecule has 2 aromatic heterocycles. The lowest BCUT2D eigenvalue weighted by Crippen LogP contribution is -2.28. The number of anilines is 1. The van der Waals surface area contributed by atoms with Crippen molar-refractivity contribution in [3.63, 3.8) is 0 Å². The van der Waals surface area contributed by atoms with Gasteiger partial charge in [0.1, 0.15) is 28.8 Å². The largest absolute Gasteiger partial charge is 0.457 e. The van der Waals surface area contributed by atoms with Gasteiger partial charge in [0.15, 0.2) is 0 Å². The van der Waals surface area contributed by atoms with Crippen molar-refractivity contribution in [3.05, 3.63) is 78.1 Å². The maximum atomic E-state index is 13.8. The monoisotopic (exact) mass is 433 g/mol. The van der Waals surface area contributed by atoms with E-state index in [1.54, 1.807) is 48.5 Å². The highest BCUT2D eigenvalue weighted by Crippen LogP contribution is 2.25. The summed E-state index contributed by atoms with van der Waals surface area (Å²) in [6.07, 6.45) is 2.43. The average Bonchev–Trinajstić information content (AvgIpc) is 3.20. The Labute approximate surface area is 185 Å². The third-order valence-corrected chi connectivity index (χ3v) is 4.91. The number of rotatable bonds is 8. The second kappa shape index (κ2) is 9.47. The Hall–Kier alpha value is -3.94. The zero-order valence-corrected chi connectivity index (χ0v) is 17.9. The molecule has 0 aliphatic heterocycles. The number of carbonyl (C=O) groups excluding carboxylic acids is 1. The van der Waals surface area contributed by atoms with E-state index in [4.69, 9.17) is 4.74 Å². The molecular weight excluding hydrogens is 409 g/mol. The summed E-state index contributed by atoms with van der Waals surface area (Å²) in [5.74, 6) is 1.34. The van der Waals surface area contributed by atoms with Crippen LogP contribution in [0.4, 0.5) is 10.1 Å². The number of aromatic nitrogens is 3. The van der Waals surface area contributed by atoms with Crippen LogP contribution in [0.2, 0.25) is 0 Å². The van der Waals surface area contributed by atoms with Gasteiger partial charge < -0.3 is 19.9 Å². The predicted octanol–water partition coefficient (Wildman–Crippen LogP) is 4.98. The van der Waals surface area contributed by atoms with Crippen LogP contribution in [-0.4, -0.2) is 39.4 Å². The molecule has 0 saturated carbocycles. The maximum Gasteiger partial charge on any atom is 0.272 e. The summed E-state index contributed by atoms with van der Waals surface area (Å²) in [5, 5.41) is 3.04. The summed E-state index contributed by atoms with van der Waals surface area (Å²) in [6, 6.07) is 15.3. The number of nitrogens with zero attached hydrogens (tertiary/aromatic N) is 3. The van der Waals surface area contributed by atoms with E-state index in [9.17, 15) is 9.18 Å². The van der Waals surface area contributed by atoms with E-state index in [2.05, 4.69) is 20.3 Å². The standard InChI is InChI=1S/C24H24FN5O2/c1-3-12-30(2)24(31)22-14-17(10-11-26-22)32-16-8-9-20-21(13-16)29-23(28-20)15-27-19-7-5-4-6-18(19)25/h4-11,13-14,27H,3,12,15H2,1-2H3,(H,28,29). The van der Waals surface area contributed by atoms with E-state index in [0.29, 0.717) is 41.8 Å². The summed E-state index contributed by atoms with van der Waals surface area (Å²) in [4.78, 5) is 26.0. The van der Waals surface area contributed by atoms with Crippen molar-refractivity contribution in [1.29, 1.82) is 0 Å². The summed E-state index contributed by atoms with van der Waals surface area (Å²) >= 11 is 0. The molecule has 0 radical (unpaired) electrons. The van der Waals surface area contributed by atoms with Crippen molar-refractivity contribution in [1.82, 2.24) is 19.9 Å². The van der Waals surface area contributed by atoms with Gasteiger partial charge in [-0.05, 0) is 36.8 Å². The second-order valence-corrected chi connectivity index (χ2v) is 7.40. The number of benzene rings is 2. The normalized spacial score (nSPS) is 10.8. The number of hydrogen-bond donors (Lipinski definition) is 2. The van der Waals surface area contributed by atoms with Crippen molar-refractivity contribution in [2.24, 2.45) is 0 Å². The van der Waals surface area contributed by atoms with Crippen LogP contribution < -0.4 is 10.1 Å². The van der Waals surface area contributed by atoms with Gasteiger partial charge in [-0.1, -0.05) is 19.1 Å². The third kappa shape index (κ3) is 4.85. The van der Waals surface area contributed by atoms with Crippen LogP contribution in [0.25, 0.3) is 11.0 Å². The summed E-state index contributed by atoms with van der Waals surface area (Å²) in [5.41, 5.74) is 2.32.